The molecule has 0 bridgehead atoms. The summed E-state index contributed by atoms with van der Waals surface area (Å²) in [6.07, 6.45) is 1.81. The van der Waals surface area contributed by atoms with Gasteiger partial charge in [0, 0.05) is 10.6 Å². The van der Waals surface area contributed by atoms with Gasteiger partial charge in [0.15, 0.2) is 0 Å². The number of amidine groups is 1. The van der Waals surface area contributed by atoms with Gasteiger partial charge in [-0.1, -0.05) is 72.3 Å². The second-order valence-electron chi connectivity index (χ2n) is 5.86. The number of halogens is 1. The molecule has 0 fully saturated rings. The molecule has 1 amide bonds. The quantitative estimate of drug-likeness (QED) is 0.594. The van der Waals surface area contributed by atoms with Crippen molar-refractivity contribution >= 4 is 35.1 Å². The van der Waals surface area contributed by atoms with Crippen molar-refractivity contribution < 1.29 is 4.79 Å². The Bertz CT molecular complexity index is 993. The molecule has 4 rings (SSSR count). The van der Waals surface area contributed by atoms with E-state index in [-0.39, 0.29) is 5.91 Å². The second kappa shape index (κ2) is 6.98. The summed E-state index contributed by atoms with van der Waals surface area (Å²) in [6, 6.07) is 26.6. The Morgan fingerprint density at radius 3 is 2.08 bits per heavy atom. The topological polar surface area (TPSA) is 32.7 Å². The van der Waals surface area contributed by atoms with Crippen molar-refractivity contribution in [2.75, 3.05) is 4.90 Å². The number of anilines is 1. The first-order valence-electron chi connectivity index (χ1n) is 8.23. The zero-order chi connectivity index (χ0) is 17.9. The molecule has 26 heavy (non-hydrogen) atoms. The van der Waals surface area contributed by atoms with Crippen molar-refractivity contribution in [3.63, 3.8) is 0 Å². The maximum Gasteiger partial charge on any atom is 0.282 e. The summed E-state index contributed by atoms with van der Waals surface area (Å²) in [6.45, 7) is 0. The van der Waals surface area contributed by atoms with Crippen molar-refractivity contribution in [3.05, 3.63) is 107 Å². The molecule has 3 aromatic carbocycles. The Kier molecular flexibility index (Phi) is 4.38. The lowest BCUT2D eigenvalue weighted by Crippen LogP contribution is -2.32. The summed E-state index contributed by atoms with van der Waals surface area (Å²) in [5.74, 6) is 0.454. The van der Waals surface area contributed by atoms with Crippen LogP contribution in [-0.4, -0.2) is 11.7 Å². The Balaban J connectivity index is 1.82. The SMILES string of the molecule is O=C1/C(=C\c2ccccc2)N=C(c2ccccc2)N1c1ccc(Cl)cc1. The van der Waals surface area contributed by atoms with Gasteiger partial charge < -0.3 is 0 Å². The van der Waals surface area contributed by atoms with Gasteiger partial charge in [-0.15, -0.1) is 0 Å². The second-order valence-corrected chi connectivity index (χ2v) is 6.30. The Hall–Kier alpha value is -3.17. The fourth-order valence-corrected chi connectivity index (χ4v) is 2.96. The van der Waals surface area contributed by atoms with Crippen LogP contribution in [0.4, 0.5) is 5.69 Å². The molecular weight excluding hydrogens is 344 g/mol. The summed E-state index contributed by atoms with van der Waals surface area (Å²) in [4.78, 5) is 19.4. The van der Waals surface area contributed by atoms with E-state index in [9.17, 15) is 4.79 Å². The third-order valence-electron chi connectivity index (χ3n) is 4.08. The van der Waals surface area contributed by atoms with Crippen molar-refractivity contribution in [3.8, 4) is 0 Å². The predicted octanol–water partition coefficient (Wildman–Crippen LogP) is 5.17. The molecule has 0 spiro atoms. The van der Waals surface area contributed by atoms with Gasteiger partial charge in [0.05, 0.1) is 5.69 Å². The summed E-state index contributed by atoms with van der Waals surface area (Å²) < 4.78 is 0. The molecule has 0 atom stereocenters. The Labute approximate surface area is 156 Å². The number of hydrogen-bond donors (Lipinski definition) is 0. The summed E-state index contributed by atoms with van der Waals surface area (Å²) in [7, 11) is 0. The zero-order valence-corrected chi connectivity index (χ0v) is 14.6. The molecule has 0 aliphatic carbocycles. The van der Waals surface area contributed by atoms with Crippen LogP contribution in [0.2, 0.25) is 5.02 Å². The van der Waals surface area contributed by atoms with Crippen LogP contribution in [-0.2, 0) is 4.79 Å². The van der Waals surface area contributed by atoms with E-state index in [1.165, 1.54) is 0 Å². The molecule has 3 aromatic rings. The third-order valence-corrected chi connectivity index (χ3v) is 4.33. The molecule has 0 unspecified atom stereocenters. The van der Waals surface area contributed by atoms with E-state index >= 15 is 0 Å². The lowest BCUT2D eigenvalue weighted by atomic mass is 10.1. The molecule has 0 saturated heterocycles. The maximum absolute atomic E-state index is 13.1. The van der Waals surface area contributed by atoms with E-state index in [4.69, 9.17) is 11.6 Å². The predicted molar refractivity (Wildman–Crippen MR) is 106 cm³/mol. The van der Waals surface area contributed by atoms with Crippen LogP contribution in [0, 0.1) is 0 Å². The first-order valence-corrected chi connectivity index (χ1v) is 8.61. The molecular formula is C22H15ClN2O. The summed E-state index contributed by atoms with van der Waals surface area (Å²) in [5.41, 5.74) is 2.96. The number of benzene rings is 3. The molecule has 1 heterocycles. The van der Waals surface area contributed by atoms with Crippen LogP contribution in [0.5, 0.6) is 0 Å². The van der Waals surface area contributed by atoms with E-state index in [1.54, 1.807) is 23.1 Å². The molecule has 0 aromatic heterocycles. The molecule has 126 valence electrons. The number of nitrogens with zero attached hydrogens (tertiary/aromatic N) is 2. The van der Waals surface area contributed by atoms with E-state index < -0.39 is 0 Å². The third kappa shape index (κ3) is 3.17. The first-order chi connectivity index (χ1) is 12.7. The van der Waals surface area contributed by atoms with Gasteiger partial charge in [0.2, 0.25) is 0 Å². The van der Waals surface area contributed by atoms with E-state index in [0.717, 1.165) is 16.8 Å². The van der Waals surface area contributed by atoms with Gasteiger partial charge in [0.1, 0.15) is 11.5 Å². The number of aliphatic imine (C=N–C) groups is 1. The molecule has 1 aliphatic rings. The molecule has 3 nitrogen and oxygen atoms in total. The van der Waals surface area contributed by atoms with Crippen molar-refractivity contribution in [1.82, 2.24) is 0 Å². The van der Waals surface area contributed by atoms with E-state index in [0.29, 0.717) is 16.6 Å². The Morgan fingerprint density at radius 1 is 0.808 bits per heavy atom. The van der Waals surface area contributed by atoms with Gasteiger partial charge >= 0.3 is 0 Å². The van der Waals surface area contributed by atoms with Crippen molar-refractivity contribution in [1.29, 1.82) is 0 Å². The van der Waals surface area contributed by atoms with Gasteiger partial charge in [-0.05, 0) is 35.9 Å². The largest absolute Gasteiger partial charge is 0.282 e. The molecule has 0 N–H and O–H groups in total. The number of rotatable bonds is 3. The number of carbonyl (C=O) groups is 1. The smallest absolute Gasteiger partial charge is 0.266 e. The average Bonchev–Trinajstić information content (AvgIpc) is 3.00. The molecule has 0 saturated carbocycles. The van der Waals surface area contributed by atoms with E-state index in [1.807, 2.05) is 72.8 Å². The number of carbonyl (C=O) groups excluding carboxylic acids is 1. The highest BCUT2D eigenvalue weighted by Gasteiger charge is 2.32. The van der Waals surface area contributed by atoms with Crippen molar-refractivity contribution in [2.24, 2.45) is 4.99 Å². The molecule has 0 radical (unpaired) electrons. The first kappa shape index (κ1) is 16.3. The summed E-state index contributed by atoms with van der Waals surface area (Å²) >= 11 is 6.00. The molecule has 4 heteroatoms. The van der Waals surface area contributed by atoms with Crippen LogP contribution in [0.25, 0.3) is 6.08 Å². The van der Waals surface area contributed by atoms with Gasteiger partial charge in [0.25, 0.3) is 5.91 Å². The number of amides is 1. The van der Waals surface area contributed by atoms with Crippen LogP contribution in [0.15, 0.2) is 95.6 Å². The minimum absolute atomic E-state index is 0.157. The van der Waals surface area contributed by atoms with Crippen LogP contribution in [0.1, 0.15) is 11.1 Å². The highest BCUT2D eigenvalue weighted by molar-refractivity contribution is 6.33. The van der Waals surface area contributed by atoms with Crippen LogP contribution >= 0.6 is 11.6 Å². The highest BCUT2D eigenvalue weighted by atomic mass is 35.5. The monoisotopic (exact) mass is 358 g/mol. The van der Waals surface area contributed by atoms with Gasteiger partial charge in [-0.3, -0.25) is 9.69 Å². The number of hydrogen-bond acceptors (Lipinski definition) is 2. The minimum atomic E-state index is -0.157. The van der Waals surface area contributed by atoms with Gasteiger partial charge in [-0.2, -0.15) is 0 Å². The lowest BCUT2D eigenvalue weighted by molar-refractivity contribution is -0.113. The normalized spacial score (nSPS) is 15.4. The Morgan fingerprint density at radius 2 is 1.42 bits per heavy atom. The van der Waals surface area contributed by atoms with Gasteiger partial charge in [-0.25, -0.2) is 4.99 Å². The van der Waals surface area contributed by atoms with Crippen LogP contribution < -0.4 is 4.90 Å². The molecule has 1 aliphatic heterocycles. The lowest BCUT2D eigenvalue weighted by Gasteiger charge is -2.18. The standard InChI is InChI=1S/C22H15ClN2O/c23-18-11-13-19(14-12-18)25-21(17-9-5-2-6-10-17)24-20(22(25)26)15-16-7-3-1-4-8-16/h1-15H/b20-15+. The average molecular weight is 359 g/mol. The minimum Gasteiger partial charge on any atom is -0.266 e. The summed E-state index contributed by atoms with van der Waals surface area (Å²) in [5, 5.41) is 0.624. The van der Waals surface area contributed by atoms with Crippen molar-refractivity contribution in [2.45, 2.75) is 0 Å². The van der Waals surface area contributed by atoms with E-state index in [2.05, 4.69) is 4.99 Å². The maximum atomic E-state index is 13.1. The fourth-order valence-electron chi connectivity index (χ4n) is 2.83. The van der Waals surface area contributed by atoms with Crippen LogP contribution in [0.3, 0.4) is 0 Å². The fraction of sp³-hybridized carbons (Fsp3) is 0. The highest BCUT2D eigenvalue weighted by Crippen LogP contribution is 2.28. The zero-order valence-electron chi connectivity index (χ0n) is 13.8.